The van der Waals surface area contributed by atoms with E-state index in [1.165, 1.54) is 14.2 Å². The highest BCUT2D eigenvalue weighted by Gasteiger charge is 2.22. The van der Waals surface area contributed by atoms with Gasteiger partial charge in [-0.2, -0.15) is 0 Å². The lowest BCUT2D eigenvalue weighted by molar-refractivity contribution is -0.159. The number of carbonyl (C=O) groups excluding carboxylic acids is 1. The SMILES string of the molecule is COc1cc(CN2CCN(C(=O)COc3ccc4ccccc4c3)CC2)cc(OC)c1O.O=C(O)C(=O)O. The van der Waals surface area contributed by atoms with E-state index in [0.29, 0.717) is 36.9 Å². The fourth-order valence-corrected chi connectivity index (χ4v) is 3.95. The van der Waals surface area contributed by atoms with Crippen LogP contribution in [0.5, 0.6) is 23.0 Å². The number of rotatable bonds is 7. The Bertz CT molecular complexity index is 1250. The number of carboxylic acids is 2. The monoisotopic (exact) mass is 526 g/mol. The highest BCUT2D eigenvalue weighted by atomic mass is 16.5. The minimum absolute atomic E-state index is 0.000537. The number of benzene rings is 3. The van der Waals surface area contributed by atoms with Crippen LogP contribution in [0.3, 0.4) is 0 Å². The molecule has 1 aliphatic rings. The molecule has 1 amide bonds. The third kappa shape index (κ3) is 7.50. The van der Waals surface area contributed by atoms with Gasteiger partial charge < -0.3 is 34.4 Å². The molecule has 0 bridgehead atoms. The number of amides is 1. The highest BCUT2D eigenvalue weighted by molar-refractivity contribution is 6.27. The molecule has 0 unspecified atom stereocenters. The maximum Gasteiger partial charge on any atom is 0.414 e. The Kier molecular flexibility index (Phi) is 9.72. The molecular weight excluding hydrogens is 496 g/mol. The van der Waals surface area contributed by atoms with Crippen LogP contribution in [0.4, 0.5) is 0 Å². The number of aromatic hydroxyl groups is 1. The summed E-state index contributed by atoms with van der Waals surface area (Å²) in [6.07, 6.45) is 0. The average Bonchev–Trinajstić information content (AvgIpc) is 2.93. The quantitative estimate of drug-likeness (QED) is 0.392. The molecule has 1 fully saturated rings. The van der Waals surface area contributed by atoms with E-state index in [0.717, 1.165) is 29.4 Å². The number of ether oxygens (including phenoxy) is 3. The minimum atomic E-state index is -1.82. The van der Waals surface area contributed by atoms with Gasteiger partial charge >= 0.3 is 11.9 Å². The molecule has 1 aliphatic heterocycles. The highest BCUT2D eigenvalue weighted by Crippen LogP contribution is 2.37. The van der Waals surface area contributed by atoms with Crippen LogP contribution < -0.4 is 14.2 Å². The van der Waals surface area contributed by atoms with Crippen molar-refractivity contribution in [1.29, 1.82) is 0 Å². The maximum atomic E-state index is 12.6. The van der Waals surface area contributed by atoms with Crippen LogP contribution in [-0.4, -0.2) is 90.0 Å². The second kappa shape index (κ2) is 13.2. The van der Waals surface area contributed by atoms with E-state index in [2.05, 4.69) is 4.90 Å². The van der Waals surface area contributed by atoms with Crippen LogP contribution >= 0.6 is 0 Å². The van der Waals surface area contributed by atoms with Crippen LogP contribution in [0.1, 0.15) is 5.56 Å². The summed E-state index contributed by atoms with van der Waals surface area (Å²) < 4.78 is 16.2. The topological polar surface area (TPSA) is 146 Å². The number of phenolic OH excluding ortho intramolecular Hbond substituents is 1. The largest absolute Gasteiger partial charge is 0.502 e. The zero-order valence-corrected chi connectivity index (χ0v) is 21.1. The molecule has 1 heterocycles. The first kappa shape index (κ1) is 28.1. The molecule has 0 spiro atoms. The van der Waals surface area contributed by atoms with Gasteiger partial charge in [0.25, 0.3) is 5.91 Å². The molecule has 202 valence electrons. The summed E-state index contributed by atoms with van der Waals surface area (Å²) in [5, 5.41) is 27.1. The second-order valence-electron chi connectivity index (χ2n) is 8.41. The summed E-state index contributed by atoms with van der Waals surface area (Å²) in [4.78, 5) is 34.9. The molecule has 11 heteroatoms. The number of carbonyl (C=O) groups is 3. The van der Waals surface area contributed by atoms with Crippen molar-refractivity contribution in [2.24, 2.45) is 0 Å². The molecule has 3 N–H and O–H groups in total. The van der Waals surface area contributed by atoms with Gasteiger partial charge in [0.1, 0.15) is 5.75 Å². The van der Waals surface area contributed by atoms with Gasteiger partial charge in [0.05, 0.1) is 14.2 Å². The van der Waals surface area contributed by atoms with Crippen molar-refractivity contribution in [3.05, 3.63) is 60.2 Å². The van der Waals surface area contributed by atoms with Gasteiger partial charge in [0, 0.05) is 32.7 Å². The van der Waals surface area contributed by atoms with Crippen molar-refractivity contribution in [1.82, 2.24) is 9.80 Å². The number of methoxy groups -OCH3 is 2. The Morgan fingerprint density at radius 1 is 0.816 bits per heavy atom. The molecule has 0 radical (unpaired) electrons. The smallest absolute Gasteiger partial charge is 0.414 e. The number of carboxylic acid groups (broad SMARTS) is 2. The van der Waals surface area contributed by atoms with Crippen LogP contribution in [0.15, 0.2) is 54.6 Å². The van der Waals surface area contributed by atoms with Crippen molar-refractivity contribution in [2.45, 2.75) is 6.54 Å². The number of hydrogen-bond acceptors (Lipinski definition) is 8. The Hall–Kier alpha value is -4.51. The molecule has 0 saturated carbocycles. The van der Waals surface area contributed by atoms with Crippen LogP contribution in [0.25, 0.3) is 10.8 Å². The van der Waals surface area contributed by atoms with E-state index in [9.17, 15) is 9.90 Å². The Labute approximate surface area is 219 Å². The molecule has 3 aromatic carbocycles. The van der Waals surface area contributed by atoms with Crippen LogP contribution in [0, 0.1) is 0 Å². The minimum Gasteiger partial charge on any atom is -0.502 e. The first-order valence-electron chi connectivity index (χ1n) is 11.7. The van der Waals surface area contributed by atoms with Gasteiger partial charge in [-0.15, -0.1) is 0 Å². The summed E-state index contributed by atoms with van der Waals surface area (Å²) in [5.41, 5.74) is 0.982. The molecule has 0 aromatic heterocycles. The molecule has 0 atom stereocenters. The molecule has 0 aliphatic carbocycles. The van der Waals surface area contributed by atoms with Crippen molar-refractivity contribution in [3.8, 4) is 23.0 Å². The lowest BCUT2D eigenvalue weighted by Gasteiger charge is -2.34. The van der Waals surface area contributed by atoms with Gasteiger partial charge in [0.2, 0.25) is 5.75 Å². The Morgan fingerprint density at radius 2 is 1.39 bits per heavy atom. The lowest BCUT2D eigenvalue weighted by atomic mass is 10.1. The van der Waals surface area contributed by atoms with E-state index in [4.69, 9.17) is 34.0 Å². The molecule has 1 saturated heterocycles. The molecular formula is C27H30N2O9. The van der Waals surface area contributed by atoms with Crippen molar-refractivity contribution >= 4 is 28.6 Å². The summed E-state index contributed by atoms with van der Waals surface area (Å²) in [6.45, 7) is 3.52. The van der Waals surface area contributed by atoms with Crippen LogP contribution in [-0.2, 0) is 20.9 Å². The molecule has 4 rings (SSSR count). The zero-order valence-electron chi connectivity index (χ0n) is 21.1. The first-order valence-corrected chi connectivity index (χ1v) is 11.7. The van der Waals surface area contributed by atoms with Crippen LogP contribution in [0.2, 0.25) is 0 Å². The average molecular weight is 527 g/mol. The summed E-state index contributed by atoms with van der Waals surface area (Å²) in [7, 11) is 3.03. The van der Waals surface area contributed by atoms with Gasteiger partial charge in [0.15, 0.2) is 18.1 Å². The first-order chi connectivity index (χ1) is 18.2. The van der Waals surface area contributed by atoms with Crippen molar-refractivity contribution in [2.75, 3.05) is 47.0 Å². The van der Waals surface area contributed by atoms with Gasteiger partial charge in [-0.1, -0.05) is 30.3 Å². The molecule has 3 aromatic rings. The fraction of sp³-hybridized carbons (Fsp3) is 0.296. The number of aliphatic carboxylic acids is 2. The zero-order chi connectivity index (χ0) is 27.7. The lowest BCUT2D eigenvalue weighted by Crippen LogP contribution is -2.49. The van der Waals surface area contributed by atoms with Crippen molar-refractivity contribution < 1.29 is 43.9 Å². The Morgan fingerprint density at radius 3 is 1.95 bits per heavy atom. The van der Waals surface area contributed by atoms with Gasteiger partial charge in [-0.05, 0) is 40.6 Å². The number of hydrogen-bond donors (Lipinski definition) is 3. The number of phenols is 1. The fourth-order valence-electron chi connectivity index (χ4n) is 3.95. The summed E-state index contributed by atoms with van der Waals surface area (Å²) >= 11 is 0. The maximum absolute atomic E-state index is 12.6. The van der Waals surface area contributed by atoms with E-state index in [-0.39, 0.29) is 18.3 Å². The molecule has 11 nitrogen and oxygen atoms in total. The number of piperazine rings is 1. The third-order valence-corrected chi connectivity index (χ3v) is 5.94. The normalized spacial score (nSPS) is 13.3. The van der Waals surface area contributed by atoms with E-state index >= 15 is 0 Å². The number of nitrogens with zero attached hydrogens (tertiary/aromatic N) is 2. The predicted octanol–water partition coefficient (Wildman–Crippen LogP) is 2.44. The second-order valence-corrected chi connectivity index (χ2v) is 8.41. The van der Waals surface area contributed by atoms with E-state index in [1.807, 2.05) is 59.5 Å². The van der Waals surface area contributed by atoms with Gasteiger partial charge in [-0.25, -0.2) is 9.59 Å². The number of fused-ring (bicyclic) bond motifs is 1. The Balaban J connectivity index is 0.000000599. The molecule has 38 heavy (non-hydrogen) atoms. The summed E-state index contributed by atoms with van der Waals surface area (Å²) in [6, 6.07) is 17.5. The third-order valence-electron chi connectivity index (χ3n) is 5.94. The van der Waals surface area contributed by atoms with Crippen molar-refractivity contribution in [3.63, 3.8) is 0 Å². The van der Waals surface area contributed by atoms with E-state index in [1.54, 1.807) is 0 Å². The standard InChI is InChI=1S/C25H28N2O5.C2H2O4/c1-30-22-13-18(14-23(31-2)25(22)29)16-26-9-11-27(12-10-26)24(28)17-32-21-8-7-19-5-3-4-6-20(19)15-21;3-1(4)2(5)6/h3-8,13-15,29H,9-12,16-17H2,1-2H3;(H,3,4)(H,5,6). The predicted molar refractivity (Wildman–Crippen MR) is 138 cm³/mol. The summed E-state index contributed by atoms with van der Waals surface area (Å²) in [5.74, 6) is -2.18. The van der Waals surface area contributed by atoms with E-state index < -0.39 is 11.9 Å². The van der Waals surface area contributed by atoms with Gasteiger partial charge in [-0.3, -0.25) is 9.69 Å².